The van der Waals surface area contributed by atoms with E-state index >= 15 is 0 Å². The molecule has 6 nitrogen and oxygen atoms in total. The fourth-order valence-electron chi connectivity index (χ4n) is 3.68. The minimum Gasteiger partial charge on any atom is -0.460 e. The Morgan fingerprint density at radius 1 is 1.18 bits per heavy atom. The van der Waals surface area contributed by atoms with Crippen molar-refractivity contribution in [1.29, 1.82) is 0 Å². The van der Waals surface area contributed by atoms with Gasteiger partial charge in [-0.3, -0.25) is 4.79 Å². The summed E-state index contributed by atoms with van der Waals surface area (Å²) in [6, 6.07) is 16.8. The Hall–Kier alpha value is -3.12. The number of furan rings is 1. The van der Waals surface area contributed by atoms with Crippen molar-refractivity contribution in [3.63, 3.8) is 0 Å². The molecule has 1 aliphatic heterocycles. The van der Waals surface area contributed by atoms with Crippen LogP contribution in [-0.2, 0) is 9.53 Å². The quantitative estimate of drug-likeness (QED) is 0.662. The molecule has 2 unspecified atom stereocenters. The molecule has 6 heteroatoms. The summed E-state index contributed by atoms with van der Waals surface area (Å²) in [6.07, 6.45) is 0.922. The van der Waals surface area contributed by atoms with Crippen molar-refractivity contribution >= 4 is 28.5 Å². The number of ether oxygens (including phenoxy) is 1. The Balaban J connectivity index is 1.51. The second kappa shape index (κ2) is 7.86. The van der Waals surface area contributed by atoms with Gasteiger partial charge in [0.1, 0.15) is 5.58 Å². The van der Waals surface area contributed by atoms with E-state index in [-0.39, 0.29) is 30.2 Å². The van der Waals surface area contributed by atoms with E-state index in [1.54, 1.807) is 31.2 Å². The van der Waals surface area contributed by atoms with E-state index in [0.29, 0.717) is 11.3 Å². The maximum absolute atomic E-state index is 12.9. The standard InChI is InChI=1S/C22H22N2O4/c1-2-27-22(26)19-13-15-12-16(8-9-18(15)28-19)24-21(25)20-17(10-11-23-20)14-6-4-3-5-7-14/h3-9,12-13,17,20,23H,2,10-11H2,1H3,(H,24,25). The molecule has 2 N–H and O–H groups in total. The summed E-state index contributed by atoms with van der Waals surface area (Å²) in [6.45, 7) is 2.84. The molecule has 28 heavy (non-hydrogen) atoms. The lowest BCUT2D eigenvalue weighted by molar-refractivity contribution is -0.118. The Morgan fingerprint density at radius 3 is 2.79 bits per heavy atom. The maximum atomic E-state index is 12.9. The maximum Gasteiger partial charge on any atom is 0.374 e. The van der Waals surface area contributed by atoms with Crippen molar-refractivity contribution in [3.05, 3.63) is 65.9 Å². The molecule has 0 bridgehead atoms. The van der Waals surface area contributed by atoms with Crippen molar-refractivity contribution in [1.82, 2.24) is 5.32 Å². The number of hydrogen-bond acceptors (Lipinski definition) is 5. The van der Waals surface area contributed by atoms with E-state index < -0.39 is 5.97 Å². The molecule has 2 aromatic carbocycles. The number of amides is 1. The topological polar surface area (TPSA) is 80.6 Å². The highest BCUT2D eigenvalue weighted by Crippen LogP contribution is 2.29. The number of rotatable bonds is 5. The van der Waals surface area contributed by atoms with Gasteiger partial charge in [-0.15, -0.1) is 0 Å². The van der Waals surface area contributed by atoms with Gasteiger partial charge in [-0.1, -0.05) is 30.3 Å². The zero-order valence-corrected chi connectivity index (χ0v) is 15.6. The molecule has 4 rings (SSSR count). The minimum atomic E-state index is -0.495. The van der Waals surface area contributed by atoms with E-state index in [1.165, 1.54) is 0 Å². The average Bonchev–Trinajstić information content (AvgIpc) is 3.36. The number of carbonyl (C=O) groups excluding carboxylic acids is 2. The highest BCUT2D eigenvalue weighted by molar-refractivity contribution is 5.98. The highest BCUT2D eigenvalue weighted by atomic mass is 16.5. The molecule has 2 atom stereocenters. The van der Waals surface area contributed by atoms with E-state index in [4.69, 9.17) is 9.15 Å². The third kappa shape index (κ3) is 3.64. The van der Waals surface area contributed by atoms with Crippen molar-refractivity contribution in [3.8, 4) is 0 Å². The lowest BCUT2D eigenvalue weighted by atomic mass is 9.91. The molecule has 0 saturated carbocycles. The molecule has 1 fully saturated rings. The van der Waals surface area contributed by atoms with Gasteiger partial charge in [0, 0.05) is 17.0 Å². The van der Waals surface area contributed by atoms with Gasteiger partial charge in [0.15, 0.2) is 0 Å². The minimum absolute atomic E-state index is 0.0696. The van der Waals surface area contributed by atoms with E-state index in [0.717, 1.165) is 23.9 Å². The highest BCUT2D eigenvalue weighted by Gasteiger charge is 2.33. The van der Waals surface area contributed by atoms with E-state index in [2.05, 4.69) is 22.8 Å². The van der Waals surface area contributed by atoms with Crippen molar-refractivity contribution in [2.24, 2.45) is 0 Å². The van der Waals surface area contributed by atoms with Gasteiger partial charge in [0.2, 0.25) is 11.7 Å². The Bertz CT molecular complexity index is 996. The lowest BCUT2D eigenvalue weighted by Crippen LogP contribution is -2.39. The van der Waals surface area contributed by atoms with Crippen LogP contribution in [0.5, 0.6) is 0 Å². The first-order valence-electron chi connectivity index (χ1n) is 9.45. The van der Waals surface area contributed by atoms with Crippen LogP contribution in [0.2, 0.25) is 0 Å². The third-order valence-corrected chi connectivity index (χ3v) is 4.99. The lowest BCUT2D eigenvalue weighted by Gasteiger charge is -2.19. The molecule has 1 saturated heterocycles. The summed E-state index contributed by atoms with van der Waals surface area (Å²) < 4.78 is 10.5. The number of carbonyl (C=O) groups is 2. The van der Waals surface area contributed by atoms with Gasteiger partial charge in [-0.2, -0.15) is 0 Å². The van der Waals surface area contributed by atoms with Gasteiger partial charge in [-0.05, 0) is 49.7 Å². The first-order chi connectivity index (χ1) is 13.7. The number of esters is 1. The SMILES string of the molecule is CCOC(=O)c1cc2cc(NC(=O)C3NCCC3c3ccccc3)ccc2o1. The van der Waals surface area contributed by atoms with Crippen LogP contribution in [0, 0.1) is 0 Å². The van der Waals surface area contributed by atoms with Gasteiger partial charge < -0.3 is 19.8 Å². The fraction of sp³-hybridized carbons (Fsp3) is 0.273. The molecule has 0 spiro atoms. The molecule has 1 aromatic heterocycles. The number of fused-ring (bicyclic) bond motifs is 1. The summed E-state index contributed by atoms with van der Waals surface area (Å²) in [5.74, 6) is -0.263. The number of nitrogens with one attached hydrogen (secondary N) is 2. The molecule has 1 amide bonds. The molecule has 3 aromatic rings. The molecule has 0 aliphatic carbocycles. The van der Waals surface area contributed by atoms with E-state index in [1.807, 2.05) is 18.2 Å². The number of anilines is 1. The first kappa shape index (κ1) is 18.3. The Morgan fingerprint density at radius 2 is 2.00 bits per heavy atom. The molecule has 144 valence electrons. The van der Waals surface area contributed by atoms with Gasteiger partial charge in [-0.25, -0.2) is 4.79 Å². The van der Waals surface area contributed by atoms with Crippen LogP contribution < -0.4 is 10.6 Å². The van der Waals surface area contributed by atoms with Gasteiger partial charge >= 0.3 is 5.97 Å². The monoisotopic (exact) mass is 378 g/mol. The summed E-state index contributed by atoms with van der Waals surface area (Å²) >= 11 is 0. The first-order valence-corrected chi connectivity index (χ1v) is 9.45. The summed E-state index contributed by atoms with van der Waals surface area (Å²) in [7, 11) is 0. The van der Waals surface area contributed by atoms with Crippen LogP contribution in [0.3, 0.4) is 0 Å². The molecule has 1 aliphatic rings. The second-order valence-corrected chi connectivity index (χ2v) is 6.81. The average molecular weight is 378 g/mol. The Kier molecular flexibility index (Phi) is 5.12. The summed E-state index contributed by atoms with van der Waals surface area (Å²) in [5, 5.41) is 7.02. The van der Waals surface area contributed by atoms with Crippen LogP contribution in [0.1, 0.15) is 35.4 Å². The fourth-order valence-corrected chi connectivity index (χ4v) is 3.68. The van der Waals surface area contributed by atoms with Crippen molar-refractivity contribution < 1.29 is 18.7 Å². The normalized spacial score (nSPS) is 18.9. The van der Waals surface area contributed by atoms with E-state index in [9.17, 15) is 9.59 Å². The zero-order chi connectivity index (χ0) is 19.5. The van der Waals surface area contributed by atoms with Gasteiger partial charge in [0.05, 0.1) is 12.6 Å². The summed E-state index contributed by atoms with van der Waals surface area (Å²) in [4.78, 5) is 24.7. The second-order valence-electron chi connectivity index (χ2n) is 6.81. The van der Waals surface area contributed by atoms with Crippen molar-refractivity contribution in [2.45, 2.75) is 25.3 Å². The third-order valence-electron chi connectivity index (χ3n) is 4.99. The molecular weight excluding hydrogens is 356 g/mol. The molecule has 2 heterocycles. The predicted octanol–water partition coefficient (Wildman–Crippen LogP) is 3.69. The molecular formula is C22H22N2O4. The Labute approximate surface area is 162 Å². The van der Waals surface area contributed by atoms with Crippen LogP contribution in [-0.4, -0.2) is 31.1 Å². The van der Waals surface area contributed by atoms with Crippen LogP contribution in [0.4, 0.5) is 5.69 Å². The van der Waals surface area contributed by atoms with Crippen LogP contribution in [0.25, 0.3) is 11.0 Å². The smallest absolute Gasteiger partial charge is 0.374 e. The number of benzene rings is 2. The van der Waals surface area contributed by atoms with Crippen LogP contribution >= 0.6 is 0 Å². The van der Waals surface area contributed by atoms with Gasteiger partial charge in [0.25, 0.3) is 0 Å². The summed E-state index contributed by atoms with van der Waals surface area (Å²) in [5.41, 5.74) is 2.40. The number of hydrogen-bond donors (Lipinski definition) is 2. The zero-order valence-electron chi connectivity index (χ0n) is 15.6. The van der Waals surface area contributed by atoms with Crippen molar-refractivity contribution in [2.75, 3.05) is 18.5 Å². The predicted molar refractivity (Wildman–Crippen MR) is 106 cm³/mol. The van der Waals surface area contributed by atoms with Crippen LogP contribution in [0.15, 0.2) is 59.0 Å². The largest absolute Gasteiger partial charge is 0.460 e. The molecule has 0 radical (unpaired) electrons.